The number of sulfone groups is 1. The fraction of sp³-hybridized carbons (Fsp3) is 0.286. The van der Waals surface area contributed by atoms with Gasteiger partial charge in [-0.1, -0.05) is 6.92 Å². The second-order valence-electron chi connectivity index (χ2n) is 4.96. The molecule has 0 aromatic carbocycles. The van der Waals surface area contributed by atoms with E-state index in [1.165, 1.54) is 12.4 Å². The first-order valence-corrected chi connectivity index (χ1v) is 8.42. The minimum atomic E-state index is -3.49. The highest BCUT2D eigenvalue weighted by molar-refractivity contribution is 7.91. The number of hydrogen-bond donors (Lipinski definition) is 0. The first kappa shape index (κ1) is 14.6. The Kier molecular flexibility index (Phi) is 3.40. The van der Waals surface area contributed by atoms with Gasteiger partial charge in [0, 0.05) is 25.6 Å². The van der Waals surface area contributed by atoms with Crippen molar-refractivity contribution in [1.82, 2.24) is 24.5 Å². The van der Waals surface area contributed by atoms with E-state index >= 15 is 0 Å². The highest BCUT2D eigenvalue weighted by atomic mass is 32.2. The zero-order valence-corrected chi connectivity index (χ0v) is 13.3. The average molecular weight is 317 g/mol. The highest BCUT2D eigenvalue weighted by Crippen LogP contribution is 2.26. The third kappa shape index (κ3) is 2.25. The Morgan fingerprint density at radius 3 is 2.64 bits per heavy atom. The van der Waals surface area contributed by atoms with Crippen LogP contribution in [0.3, 0.4) is 0 Å². The monoisotopic (exact) mass is 317 g/mol. The number of fused-ring (bicyclic) bond motifs is 1. The van der Waals surface area contributed by atoms with E-state index in [1.807, 2.05) is 13.0 Å². The summed E-state index contributed by atoms with van der Waals surface area (Å²) in [5.41, 5.74) is 2.61. The number of aromatic nitrogens is 5. The fourth-order valence-electron chi connectivity index (χ4n) is 2.23. The van der Waals surface area contributed by atoms with Crippen molar-refractivity contribution in [2.24, 2.45) is 7.05 Å². The third-order valence-corrected chi connectivity index (χ3v) is 5.04. The lowest BCUT2D eigenvalue weighted by Gasteiger charge is -2.06. The summed E-state index contributed by atoms with van der Waals surface area (Å²) in [5.74, 6) is 0.396. The van der Waals surface area contributed by atoms with Crippen LogP contribution in [0.5, 0.6) is 0 Å². The van der Waals surface area contributed by atoms with Gasteiger partial charge in [0.25, 0.3) is 0 Å². The van der Waals surface area contributed by atoms with Gasteiger partial charge in [0.05, 0.1) is 5.75 Å². The van der Waals surface area contributed by atoms with Crippen molar-refractivity contribution >= 4 is 21.0 Å². The smallest absolute Gasteiger partial charge is 0.197 e. The summed E-state index contributed by atoms with van der Waals surface area (Å²) < 4.78 is 26.2. The van der Waals surface area contributed by atoms with E-state index in [9.17, 15) is 8.42 Å². The summed E-state index contributed by atoms with van der Waals surface area (Å²) in [4.78, 5) is 17.0. The minimum absolute atomic E-state index is 0.0417. The molecule has 0 radical (unpaired) electrons. The Labute approximate surface area is 128 Å². The molecule has 0 fully saturated rings. The van der Waals surface area contributed by atoms with Gasteiger partial charge in [-0.25, -0.2) is 28.4 Å². The van der Waals surface area contributed by atoms with Gasteiger partial charge in [-0.15, -0.1) is 0 Å². The van der Waals surface area contributed by atoms with Crippen LogP contribution in [0.25, 0.3) is 22.7 Å². The molecule has 3 aromatic heterocycles. The van der Waals surface area contributed by atoms with Gasteiger partial charge >= 0.3 is 0 Å². The molecule has 0 bridgehead atoms. The van der Waals surface area contributed by atoms with E-state index in [-0.39, 0.29) is 16.5 Å². The average Bonchev–Trinajstić information content (AvgIpc) is 2.83. The molecule has 0 amide bonds. The molecule has 0 aliphatic carbocycles. The molecule has 0 saturated heterocycles. The van der Waals surface area contributed by atoms with Crippen LogP contribution in [-0.2, 0) is 16.9 Å². The van der Waals surface area contributed by atoms with Crippen molar-refractivity contribution < 1.29 is 8.42 Å². The standard InChI is InChI=1S/C14H15N5O2S/c1-4-22(20,21)14-11(15-5-6-16-14)13-18-10-7-9(2)8-17-12(10)19(13)3/h5-8H,4H2,1-3H3. The lowest BCUT2D eigenvalue weighted by molar-refractivity contribution is 0.593. The quantitative estimate of drug-likeness (QED) is 0.727. The lowest BCUT2D eigenvalue weighted by Crippen LogP contribution is -2.10. The highest BCUT2D eigenvalue weighted by Gasteiger charge is 2.24. The number of rotatable bonds is 3. The number of nitrogens with zero attached hydrogens (tertiary/aromatic N) is 5. The predicted octanol–water partition coefficient (Wildman–Crippen LogP) is 1.53. The number of pyridine rings is 1. The van der Waals surface area contributed by atoms with Crippen LogP contribution in [0.4, 0.5) is 0 Å². The van der Waals surface area contributed by atoms with E-state index in [0.29, 0.717) is 17.0 Å². The van der Waals surface area contributed by atoms with Gasteiger partial charge in [0.15, 0.2) is 26.3 Å². The zero-order valence-electron chi connectivity index (χ0n) is 12.5. The van der Waals surface area contributed by atoms with Gasteiger partial charge in [0.1, 0.15) is 11.2 Å². The van der Waals surface area contributed by atoms with E-state index in [0.717, 1.165) is 5.56 Å². The van der Waals surface area contributed by atoms with Gasteiger partial charge in [-0.05, 0) is 18.6 Å². The van der Waals surface area contributed by atoms with Crippen LogP contribution < -0.4 is 0 Å². The van der Waals surface area contributed by atoms with Crippen LogP contribution in [0.2, 0.25) is 0 Å². The number of hydrogen-bond acceptors (Lipinski definition) is 6. The first-order valence-electron chi connectivity index (χ1n) is 6.77. The predicted molar refractivity (Wildman–Crippen MR) is 82.0 cm³/mol. The molecular formula is C14H15N5O2S. The Hall–Kier alpha value is -2.35. The van der Waals surface area contributed by atoms with Crippen LogP contribution in [-0.4, -0.2) is 38.7 Å². The van der Waals surface area contributed by atoms with Crippen LogP contribution in [0.15, 0.2) is 29.7 Å². The van der Waals surface area contributed by atoms with Crippen molar-refractivity contribution in [1.29, 1.82) is 0 Å². The number of aryl methyl sites for hydroxylation is 2. The van der Waals surface area contributed by atoms with E-state index < -0.39 is 9.84 Å². The van der Waals surface area contributed by atoms with Gasteiger partial charge < -0.3 is 4.57 Å². The molecule has 8 heteroatoms. The molecule has 0 unspecified atom stereocenters. The molecule has 114 valence electrons. The molecule has 7 nitrogen and oxygen atoms in total. The first-order chi connectivity index (χ1) is 10.4. The number of imidazole rings is 1. The molecular weight excluding hydrogens is 302 g/mol. The van der Waals surface area contributed by atoms with E-state index in [2.05, 4.69) is 19.9 Å². The lowest BCUT2D eigenvalue weighted by atomic mass is 10.3. The maximum Gasteiger partial charge on any atom is 0.197 e. The fourth-order valence-corrected chi connectivity index (χ4v) is 3.16. The largest absolute Gasteiger partial charge is 0.310 e. The Bertz CT molecular complexity index is 963. The molecule has 22 heavy (non-hydrogen) atoms. The third-order valence-electron chi connectivity index (χ3n) is 3.40. The normalized spacial score (nSPS) is 12.0. The minimum Gasteiger partial charge on any atom is -0.310 e. The molecule has 0 N–H and O–H groups in total. The van der Waals surface area contributed by atoms with E-state index in [1.54, 1.807) is 24.7 Å². The van der Waals surface area contributed by atoms with Crippen molar-refractivity contribution in [2.75, 3.05) is 5.75 Å². The van der Waals surface area contributed by atoms with Crippen LogP contribution >= 0.6 is 0 Å². The molecule has 0 aliphatic rings. The summed E-state index contributed by atoms with van der Waals surface area (Å²) in [6.07, 6.45) is 4.58. The molecule has 0 spiro atoms. The maximum absolute atomic E-state index is 12.2. The van der Waals surface area contributed by atoms with Crippen molar-refractivity contribution in [3.8, 4) is 11.5 Å². The second-order valence-corrected chi connectivity index (χ2v) is 7.16. The molecule has 3 heterocycles. The van der Waals surface area contributed by atoms with Crippen LogP contribution in [0, 0.1) is 6.92 Å². The summed E-state index contributed by atoms with van der Waals surface area (Å²) >= 11 is 0. The topological polar surface area (TPSA) is 90.6 Å². The maximum atomic E-state index is 12.2. The summed E-state index contributed by atoms with van der Waals surface area (Å²) in [5, 5.41) is -0.0485. The van der Waals surface area contributed by atoms with Gasteiger partial charge in [-0.3, -0.25) is 0 Å². The summed E-state index contributed by atoms with van der Waals surface area (Å²) in [6, 6.07) is 1.90. The van der Waals surface area contributed by atoms with Crippen molar-refractivity contribution in [3.05, 3.63) is 30.2 Å². The Morgan fingerprint density at radius 1 is 1.18 bits per heavy atom. The SMILES string of the molecule is CCS(=O)(=O)c1nccnc1-c1nc2cc(C)cnc2n1C. The molecule has 3 aromatic rings. The molecule has 3 rings (SSSR count). The Balaban J connectivity index is 2.31. The molecule has 0 saturated carbocycles. The van der Waals surface area contributed by atoms with Gasteiger partial charge in [-0.2, -0.15) is 0 Å². The molecule has 0 aliphatic heterocycles. The summed E-state index contributed by atoms with van der Waals surface area (Å²) in [6.45, 7) is 3.50. The van der Waals surface area contributed by atoms with Crippen molar-refractivity contribution in [2.45, 2.75) is 18.9 Å². The Morgan fingerprint density at radius 2 is 1.91 bits per heavy atom. The second kappa shape index (κ2) is 5.13. The van der Waals surface area contributed by atoms with Crippen LogP contribution in [0.1, 0.15) is 12.5 Å². The van der Waals surface area contributed by atoms with Crippen molar-refractivity contribution in [3.63, 3.8) is 0 Å². The van der Waals surface area contributed by atoms with E-state index in [4.69, 9.17) is 0 Å². The van der Waals surface area contributed by atoms with Gasteiger partial charge in [0.2, 0.25) is 0 Å². The summed E-state index contributed by atoms with van der Waals surface area (Å²) in [7, 11) is -1.70. The zero-order chi connectivity index (χ0) is 15.9. The molecule has 0 atom stereocenters.